The van der Waals surface area contributed by atoms with Crippen molar-refractivity contribution >= 4 is 23.5 Å². The summed E-state index contributed by atoms with van der Waals surface area (Å²) >= 11 is 1.55. The number of carbonyl (C=O) groups is 2. The number of nitrogens with zero attached hydrogens (tertiary/aromatic N) is 1. The highest BCUT2D eigenvalue weighted by Crippen LogP contribution is 2.24. The molecule has 2 aromatic carbocycles. The number of carbonyl (C=O) groups excluding carboxylic acids is 2. The van der Waals surface area contributed by atoms with Gasteiger partial charge in [-0.3, -0.25) is 4.79 Å². The smallest absolute Gasteiger partial charge is 0.337 e. The largest absolute Gasteiger partial charge is 0.497 e. The Labute approximate surface area is 187 Å². The zero-order valence-corrected chi connectivity index (χ0v) is 18.9. The number of rotatable bonds is 10. The number of ether oxygens (including phenoxy) is 2. The summed E-state index contributed by atoms with van der Waals surface area (Å²) in [4.78, 5) is 24.2. The summed E-state index contributed by atoms with van der Waals surface area (Å²) in [5.74, 6) is 0.956. The molecule has 0 bridgehead atoms. The molecular formula is C25H27NO4S. The third-order valence-corrected chi connectivity index (χ3v) is 6.14. The fourth-order valence-electron chi connectivity index (χ4n) is 3.44. The number of benzene rings is 2. The SMILES string of the molecule is CCn1c(Cc2ccc(OC)cc2)ccc1SCC(=O)Cc1cccc(C(=O)OC)c1. The highest BCUT2D eigenvalue weighted by atomic mass is 32.2. The standard InChI is InChI=1S/C25H27NO4S/c1-4-26-21(15-18-8-11-23(29-2)12-9-18)10-13-24(26)31-17-22(27)16-19-6-5-7-20(14-19)25(28)30-3/h5-14H,4,15-17H2,1-3H3. The quantitative estimate of drug-likeness (QED) is 0.337. The fourth-order valence-corrected chi connectivity index (χ4v) is 4.42. The van der Waals surface area contributed by atoms with E-state index in [4.69, 9.17) is 9.47 Å². The maximum atomic E-state index is 12.5. The van der Waals surface area contributed by atoms with Crippen LogP contribution in [0.1, 0.15) is 34.1 Å². The van der Waals surface area contributed by atoms with Crippen molar-refractivity contribution in [2.45, 2.75) is 31.3 Å². The molecule has 0 N–H and O–H groups in total. The molecule has 0 spiro atoms. The molecule has 0 amide bonds. The van der Waals surface area contributed by atoms with Gasteiger partial charge in [0.05, 0.1) is 30.6 Å². The van der Waals surface area contributed by atoms with E-state index in [2.05, 4.69) is 35.8 Å². The predicted octanol–water partition coefficient (Wildman–Crippen LogP) is 4.80. The monoisotopic (exact) mass is 437 g/mol. The first-order valence-corrected chi connectivity index (χ1v) is 11.2. The van der Waals surface area contributed by atoms with Gasteiger partial charge in [0.1, 0.15) is 11.5 Å². The van der Waals surface area contributed by atoms with Crippen molar-refractivity contribution in [2.24, 2.45) is 0 Å². The molecule has 5 nitrogen and oxygen atoms in total. The third kappa shape index (κ3) is 6.01. The topological polar surface area (TPSA) is 57.5 Å². The number of esters is 1. The molecule has 0 aliphatic heterocycles. The maximum Gasteiger partial charge on any atom is 0.337 e. The first-order valence-electron chi connectivity index (χ1n) is 10.2. The van der Waals surface area contributed by atoms with Crippen LogP contribution >= 0.6 is 11.8 Å². The fraction of sp³-hybridized carbons (Fsp3) is 0.280. The maximum absolute atomic E-state index is 12.5. The van der Waals surface area contributed by atoms with Crippen molar-refractivity contribution in [1.82, 2.24) is 4.57 Å². The molecule has 0 radical (unpaired) electrons. The Kier molecular flexibility index (Phi) is 7.95. The number of thioether (sulfide) groups is 1. The molecule has 1 heterocycles. The van der Waals surface area contributed by atoms with Crippen LogP contribution in [0.3, 0.4) is 0 Å². The van der Waals surface area contributed by atoms with Gasteiger partial charge in [-0.2, -0.15) is 0 Å². The van der Waals surface area contributed by atoms with Gasteiger partial charge in [0.25, 0.3) is 0 Å². The van der Waals surface area contributed by atoms with E-state index in [0.717, 1.165) is 29.3 Å². The lowest BCUT2D eigenvalue weighted by Gasteiger charge is -2.11. The van der Waals surface area contributed by atoms with Gasteiger partial charge < -0.3 is 14.0 Å². The van der Waals surface area contributed by atoms with E-state index in [-0.39, 0.29) is 5.78 Å². The van der Waals surface area contributed by atoms with Crippen LogP contribution in [0, 0.1) is 0 Å². The number of aromatic nitrogens is 1. The van der Waals surface area contributed by atoms with E-state index in [9.17, 15) is 9.59 Å². The third-order valence-electron chi connectivity index (χ3n) is 5.02. The molecule has 31 heavy (non-hydrogen) atoms. The number of Topliss-reactive ketones (excluding diaryl/α,β-unsaturated/α-hetero) is 1. The highest BCUT2D eigenvalue weighted by Gasteiger charge is 2.12. The molecular weight excluding hydrogens is 410 g/mol. The molecule has 0 saturated heterocycles. The van der Waals surface area contributed by atoms with Gasteiger partial charge >= 0.3 is 5.97 Å². The zero-order valence-electron chi connectivity index (χ0n) is 18.1. The van der Waals surface area contributed by atoms with E-state index < -0.39 is 5.97 Å². The predicted molar refractivity (Wildman–Crippen MR) is 123 cm³/mol. The molecule has 0 unspecified atom stereocenters. The van der Waals surface area contributed by atoms with Gasteiger partial charge in [-0.05, 0) is 54.4 Å². The van der Waals surface area contributed by atoms with Crippen LogP contribution in [0.4, 0.5) is 0 Å². The lowest BCUT2D eigenvalue weighted by Crippen LogP contribution is -2.09. The van der Waals surface area contributed by atoms with Gasteiger partial charge in [-0.15, -0.1) is 11.8 Å². The van der Waals surface area contributed by atoms with Crippen LogP contribution in [0.2, 0.25) is 0 Å². The molecule has 0 fully saturated rings. The Bertz CT molecular complexity index is 1040. The molecule has 6 heteroatoms. The van der Waals surface area contributed by atoms with Crippen molar-refractivity contribution in [2.75, 3.05) is 20.0 Å². The number of ketones is 1. The first kappa shape index (κ1) is 22.7. The second kappa shape index (κ2) is 10.9. The van der Waals surface area contributed by atoms with Crippen molar-refractivity contribution in [3.63, 3.8) is 0 Å². The molecule has 3 rings (SSSR count). The first-order chi connectivity index (χ1) is 15.0. The Morgan fingerprint density at radius 3 is 2.42 bits per heavy atom. The minimum Gasteiger partial charge on any atom is -0.497 e. The summed E-state index contributed by atoms with van der Waals surface area (Å²) in [6.07, 6.45) is 1.12. The average molecular weight is 438 g/mol. The van der Waals surface area contributed by atoms with Crippen molar-refractivity contribution in [3.8, 4) is 5.75 Å². The van der Waals surface area contributed by atoms with E-state index in [1.54, 1.807) is 37.1 Å². The van der Waals surface area contributed by atoms with Gasteiger partial charge in [0.2, 0.25) is 0 Å². The van der Waals surface area contributed by atoms with Crippen LogP contribution in [0.25, 0.3) is 0 Å². The van der Waals surface area contributed by atoms with Crippen LogP contribution in [-0.2, 0) is 28.9 Å². The van der Waals surface area contributed by atoms with Gasteiger partial charge in [-0.1, -0.05) is 24.3 Å². The van der Waals surface area contributed by atoms with Crippen molar-refractivity contribution < 1.29 is 19.1 Å². The van der Waals surface area contributed by atoms with Crippen LogP contribution in [-0.4, -0.2) is 36.3 Å². The van der Waals surface area contributed by atoms with Crippen molar-refractivity contribution in [3.05, 3.63) is 83.0 Å². The second-order valence-electron chi connectivity index (χ2n) is 7.13. The van der Waals surface area contributed by atoms with E-state index in [1.807, 2.05) is 18.2 Å². The molecule has 3 aromatic rings. The van der Waals surface area contributed by atoms with E-state index in [1.165, 1.54) is 18.4 Å². The van der Waals surface area contributed by atoms with Gasteiger partial charge in [0.15, 0.2) is 0 Å². The number of hydrogen-bond acceptors (Lipinski definition) is 5. The minimum absolute atomic E-state index is 0.118. The number of hydrogen-bond donors (Lipinski definition) is 0. The average Bonchev–Trinajstić information content (AvgIpc) is 3.19. The molecule has 0 atom stereocenters. The van der Waals surface area contributed by atoms with Crippen LogP contribution < -0.4 is 4.74 Å². The molecule has 1 aromatic heterocycles. The van der Waals surface area contributed by atoms with Gasteiger partial charge in [0, 0.05) is 25.1 Å². The highest BCUT2D eigenvalue weighted by molar-refractivity contribution is 7.99. The molecule has 0 saturated carbocycles. The summed E-state index contributed by atoms with van der Waals surface area (Å²) in [7, 11) is 3.01. The Morgan fingerprint density at radius 2 is 1.74 bits per heavy atom. The summed E-state index contributed by atoms with van der Waals surface area (Å²) < 4.78 is 12.2. The van der Waals surface area contributed by atoms with Gasteiger partial charge in [-0.25, -0.2) is 4.79 Å². The van der Waals surface area contributed by atoms with Crippen molar-refractivity contribution in [1.29, 1.82) is 0 Å². The van der Waals surface area contributed by atoms with Crippen LogP contribution in [0.5, 0.6) is 5.75 Å². The summed E-state index contributed by atoms with van der Waals surface area (Å²) in [6, 6.07) is 19.3. The Morgan fingerprint density at radius 1 is 0.968 bits per heavy atom. The Balaban J connectivity index is 1.61. The molecule has 162 valence electrons. The second-order valence-corrected chi connectivity index (χ2v) is 8.12. The minimum atomic E-state index is -0.395. The summed E-state index contributed by atoms with van der Waals surface area (Å²) in [6.45, 7) is 2.96. The Hall–Kier alpha value is -2.99. The normalized spacial score (nSPS) is 10.7. The lowest BCUT2D eigenvalue weighted by molar-refractivity contribution is -0.116. The van der Waals surface area contributed by atoms with E-state index in [0.29, 0.717) is 17.7 Å². The molecule has 0 aliphatic carbocycles. The summed E-state index contributed by atoms with van der Waals surface area (Å²) in [5, 5.41) is 1.09. The zero-order chi connectivity index (χ0) is 22.2. The van der Waals surface area contributed by atoms with E-state index >= 15 is 0 Å². The molecule has 0 aliphatic rings. The summed E-state index contributed by atoms with van der Waals surface area (Å²) in [5.41, 5.74) is 3.71. The van der Waals surface area contributed by atoms with Crippen LogP contribution in [0.15, 0.2) is 65.7 Å². The lowest BCUT2D eigenvalue weighted by atomic mass is 10.1. The number of methoxy groups -OCH3 is 2.